The highest BCUT2D eigenvalue weighted by Crippen LogP contribution is 2.49. The standard InChI is InChI=1S/C21H23F4N5O2S/c1-10-4-11(29-19(31)15-8-27-14(7-28-15)18(24)25)5-12(17(10)23)21-2-3-32-16(6-22)13(21)9-33-20(26)30-21/h4-5,7-8,10,13,16-18H,2-3,6,9H2,1H3,(H2,26,30)(H,29,31)/t10?,13-,16-,17?,21-/m1/s1. The Balaban J connectivity index is 1.65. The first kappa shape index (κ1) is 23.7. The minimum absolute atomic E-state index is 0.166. The van der Waals surface area contributed by atoms with Crippen LogP contribution in [-0.2, 0) is 4.74 Å². The molecule has 178 valence electrons. The van der Waals surface area contributed by atoms with Crippen molar-refractivity contribution in [3.05, 3.63) is 47.2 Å². The molecular weight excluding hydrogens is 462 g/mol. The van der Waals surface area contributed by atoms with Crippen molar-refractivity contribution in [1.29, 1.82) is 0 Å². The molecule has 1 aromatic heterocycles. The monoisotopic (exact) mass is 485 g/mol. The van der Waals surface area contributed by atoms with Gasteiger partial charge in [-0.3, -0.25) is 14.8 Å². The first-order valence-electron chi connectivity index (χ1n) is 10.4. The van der Waals surface area contributed by atoms with Crippen LogP contribution < -0.4 is 11.1 Å². The number of fused-ring (bicyclic) bond motifs is 1. The number of rotatable bonds is 5. The summed E-state index contributed by atoms with van der Waals surface area (Å²) in [6, 6.07) is 0. The van der Waals surface area contributed by atoms with Gasteiger partial charge in [0.05, 0.1) is 24.0 Å². The zero-order valence-corrected chi connectivity index (χ0v) is 18.5. The van der Waals surface area contributed by atoms with E-state index in [2.05, 4.69) is 20.3 Å². The fourth-order valence-corrected chi connectivity index (χ4v) is 5.56. The van der Waals surface area contributed by atoms with Gasteiger partial charge >= 0.3 is 0 Å². The zero-order valence-electron chi connectivity index (χ0n) is 17.7. The third-order valence-electron chi connectivity index (χ3n) is 6.15. The van der Waals surface area contributed by atoms with Crippen LogP contribution in [0, 0.1) is 11.8 Å². The van der Waals surface area contributed by atoms with Crippen LogP contribution in [0.3, 0.4) is 0 Å². The van der Waals surface area contributed by atoms with E-state index >= 15 is 4.39 Å². The maximum Gasteiger partial charge on any atom is 0.281 e. The third-order valence-corrected chi connectivity index (χ3v) is 7.06. The summed E-state index contributed by atoms with van der Waals surface area (Å²) in [5.41, 5.74) is 4.82. The van der Waals surface area contributed by atoms with E-state index < -0.39 is 54.4 Å². The van der Waals surface area contributed by atoms with E-state index in [4.69, 9.17) is 10.5 Å². The van der Waals surface area contributed by atoms with E-state index in [1.807, 2.05) is 0 Å². The molecule has 1 saturated heterocycles. The number of alkyl halides is 4. The largest absolute Gasteiger partial charge is 0.379 e. The number of amidine groups is 1. The predicted octanol–water partition coefficient (Wildman–Crippen LogP) is 3.12. The van der Waals surface area contributed by atoms with Crippen molar-refractivity contribution in [1.82, 2.24) is 15.3 Å². The van der Waals surface area contributed by atoms with Crippen LogP contribution >= 0.6 is 11.8 Å². The van der Waals surface area contributed by atoms with Gasteiger partial charge in [0.1, 0.15) is 24.2 Å². The SMILES string of the molecule is CC1C=C(NC(=O)c2cnc(C(F)F)cn2)C=C([C@]23CCO[C@H](CF)[C@H]2CSC(N)=N3)C1F. The molecule has 5 atom stereocenters. The summed E-state index contributed by atoms with van der Waals surface area (Å²) in [5.74, 6) is -1.28. The number of hydrogen-bond acceptors (Lipinski definition) is 7. The highest BCUT2D eigenvalue weighted by molar-refractivity contribution is 8.13. The van der Waals surface area contributed by atoms with Gasteiger partial charge in [-0.2, -0.15) is 0 Å². The Morgan fingerprint density at radius 1 is 1.39 bits per heavy atom. The van der Waals surface area contributed by atoms with Crippen LogP contribution in [-0.4, -0.2) is 57.9 Å². The highest BCUT2D eigenvalue weighted by atomic mass is 32.2. The van der Waals surface area contributed by atoms with Gasteiger partial charge in [0.25, 0.3) is 12.3 Å². The molecule has 4 rings (SSSR count). The van der Waals surface area contributed by atoms with Crippen molar-refractivity contribution in [2.45, 2.75) is 37.6 Å². The van der Waals surface area contributed by atoms with Crippen LogP contribution in [0.1, 0.15) is 36.0 Å². The van der Waals surface area contributed by atoms with E-state index in [9.17, 15) is 18.0 Å². The van der Waals surface area contributed by atoms with Gasteiger partial charge in [0.2, 0.25) is 0 Å². The lowest BCUT2D eigenvalue weighted by Crippen LogP contribution is -2.57. The van der Waals surface area contributed by atoms with Gasteiger partial charge < -0.3 is 15.8 Å². The van der Waals surface area contributed by atoms with Crippen molar-refractivity contribution in [3.8, 4) is 0 Å². The lowest BCUT2D eigenvalue weighted by molar-refractivity contribution is -0.0626. The van der Waals surface area contributed by atoms with Crippen LogP contribution in [0.15, 0.2) is 40.8 Å². The number of hydrogen-bond donors (Lipinski definition) is 2. The summed E-state index contributed by atoms with van der Waals surface area (Å²) < 4.78 is 60.2. The van der Waals surface area contributed by atoms with Crippen molar-refractivity contribution in [2.24, 2.45) is 22.6 Å². The van der Waals surface area contributed by atoms with Gasteiger partial charge in [0.15, 0.2) is 5.17 Å². The molecule has 0 radical (unpaired) electrons. The third kappa shape index (κ3) is 4.50. The van der Waals surface area contributed by atoms with Gasteiger partial charge in [0, 0.05) is 36.3 Å². The first-order chi connectivity index (χ1) is 15.7. The summed E-state index contributed by atoms with van der Waals surface area (Å²) in [6.45, 7) is 1.13. The van der Waals surface area contributed by atoms with Crippen molar-refractivity contribution in [3.63, 3.8) is 0 Å². The van der Waals surface area contributed by atoms with Crippen molar-refractivity contribution >= 4 is 22.8 Å². The van der Waals surface area contributed by atoms with Crippen molar-refractivity contribution < 1.29 is 27.1 Å². The van der Waals surface area contributed by atoms with Gasteiger partial charge in [-0.25, -0.2) is 22.5 Å². The summed E-state index contributed by atoms with van der Waals surface area (Å²) >= 11 is 1.28. The number of nitrogens with one attached hydrogen (secondary N) is 1. The molecule has 33 heavy (non-hydrogen) atoms. The molecule has 2 unspecified atom stereocenters. The number of carbonyl (C=O) groups is 1. The molecule has 2 aliphatic heterocycles. The Morgan fingerprint density at radius 2 is 2.18 bits per heavy atom. The van der Waals surface area contributed by atoms with E-state index in [0.717, 1.165) is 12.4 Å². The van der Waals surface area contributed by atoms with Crippen LogP contribution in [0.4, 0.5) is 17.6 Å². The zero-order chi connectivity index (χ0) is 23.8. The highest BCUT2D eigenvalue weighted by Gasteiger charge is 2.53. The first-order valence-corrected chi connectivity index (χ1v) is 11.4. The predicted molar refractivity (Wildman–Crippen MR) is 115 cm³/mol. The van der Waals surface area contributed by atoms with E-state index in [1.165, 1.54) is 17.8 Å². The second-order valence-electron chi connectivity index (χ2n) is 8.17. The van der Waals surface area contributed by atoms with E-state index in [0.29, 0.717) is 28.6 Å². The van der Waals surface area contributed by atoms with Crippen LogP contribution in [0.25, 0.3) is 0 Å². The van der Waals surface area contributed by atoms with E-state index in [1.54, 1.807) is 13.0 Å². The molecule has 1 amide bonds. The fourth-order valence-electron chi connectivity index (χ4n) is 4.49. The summed E-state index contributed by atoms with van der Waals surface area (Å²) in [5, 5.41) is 2.92. The second kappa shape index (κ2) is 9.41. The molecule has 0 bridgehead atoms. The van der Waals surface area contributed by atoms with Crippen molar-refractivity contribution in [2.75, 3.05) is 19.0 Å². The van der Waals surface area contributed by atoms with Gasteiger partial charge in [-0.1, -0.05) is 24.8 Å². The second-order valence-corrected chi connectivity index (χ2v) is 9.21. The van der Waals surface area contributed by atoms with Gasteiger partial charge in [-0.05, 0) is 11.6 Å². The fraction of sp³-hybridized carbons (Fsp3) is 0.524. The molecule has 1 fully saturated rings. The molecule has 0 spiro atoms. The quantitative estimate of drug-likeness (QED) is 0.622. The number of allylic oxidation sites excluding steroid dienone is 2. The molecule has 0 saturated carbocycles. The summed E-state index contributed by atoms with van der Waals surface area (Å²) in [6.07, 6.45) is 0.209. The molecular formula is C21H23F4N5O2S. The van der Waals surface area contributed by atoms with Crippen LogP contribution in [0.2, 0.25) is 0 Å². The minimum atomic E-state index is -2.80. The number of ether oxygens (including phenoxy) is 1. The number of aliphatic imine (C=N–C) groups is 1. The molecule has 1 aliphatic carbocycles. The number of aromatic nitrogens is 2. The molecule has 3 heterocycles. The topological polar surface area (TPSA) is 102 Å². The average Bonchev–Trinajstić information content (AvgIpc) is 2.80. The number of nitrogens with zero attached hydrogens (tertiary/aromatic N) is 3. The van der Waals surface area contributed by atoms with Crippen LogP contribution in [0.5, 0.6) is 0 Å². The Hall–Kier alpha value is -2.47. The number of carbonyl (C=O) groups excluding carboxylic acids is 1. The Bertz CT molecular complexity index is 1000. The molecule has 7 nitrogen and oxygen atoms in total. The molecule has 3 aliphatic rings. The molecule has 3 N–H and O–H groups in total. The maximum absolute atomic E-state index is 15.5. The Kier molecular flexibility index (Phi) is 6.76. The number of halogens is 4. The van der Waals surface area contributed by atoms with E-state index in [-0.39, 0.29) is 12.3 Å². The molecule has 1 aromatic rings. The number of thioether (sulfide) groups is 1. The Labute approximate surface area is 192 Å². The maximum atomic E-state index is 15.5. The average molecular weight is 486 g/mol. The summed E-state index contributed by atoms with van der Waals surface area (Å²) in [7, 11) is 0. The molecule has 0 aromatic carbocycles. The smallest absolute Gasteiger partial charge is 0.281 e. The number of nitrogens with two attached hydrogens (primary N) is 1. The number of amides is 1. The summed E-state index contributed by atoms with van der Waals surface area (Å²) in [4.78, 5) is 24.5. The lowest BCUT2D eigenvalue weighted by atomic mass is 9.68. The Morgan fingerprint density at radius 3 is 2.85 bits per heavy atom. The normalized spacial score (nSPS) is 31.9. The lowest BCUT2D eigenvalue weighted by Gasteiger charge is -2.49. The van der Waals surface area contributed by atoms with Gasteiger partial charge in [-0.15, -0.1) is 0 Å². The molecule has 12 heteroatoms. The minimum Gasteiger partial charge on any atom is -0.379 e.